The quantitative estimate of drug-likeness (QED) is 0.908. The zero-order chi connectivity index (χ0) is 13.9. The Morgan fingerprint density at radius 2 is 1.80 bits per heavy atom. The summed E-state index contributed by atoms with van der Waals surface area (Å²) in [6.45, 7) is 5.67. The number of nitrogens with one attached hydrogen (secondary N) is 1. The lowest BCUT2D eigenvalue weighted by Crippen LogP contribution is -2.44. The molecule has 1 N–H and O–H groups in total. The molecule has 0 saturated carbocycles. The van der Waals surface area contributed by atoms with E-state index >= 15 is 0 Å². The molecule has 0 bridgehead atoms. The van der Waals surface area contributed by atoms with Crippen LogP contribution in [-0.4, -0.2) is 36.1 Å². The highest BCUT2D eigenvalue weighted by atomic mass is 19.1. The van der Waals surface area contributed by atoms with Crippen LogP contribution in [0.2, 0.25) is 0 Å². The van der Waals surface area contributed by atoms with Crippen LogP contribution >= 0.6 is 0 Å². The molecule has 0 aliphatic carbocycles. The predicted octanol–water partition coefficient (Wildman–Crippen LogP) is 2.00. The van der Waals surface area contributed by atoms with Crippen molar-refractivity contribution in [3.8, 4) is 11.3 Å². The zero-order valence-electron chi connectivity index (χ0n) is 11.4. The molecule has 104 valence electrons. The second kappa shape index (κ2) is 5.54. The molecule has 0 atom stereocenters. The van der Waals surface area contributed by atoms with Gasteiger partial charge in [0.1, 0.15) is 5.82 Å². The van der Waals surface area contributed by atoms with E-state index in [2.05, 4.69) is 20.2 Å². The van der Waals surface area contributed by atoms with Crippen LogP contribution in [0.4, 0.5) is 10.3 Å². The molecule has 1 fully saturated rings. The van der Waals surface area contributed by atoms with Gasteiger partial charge in [-0.05, 0) is 37.3 Å². The van der Waals surface area contributed by atoms with Crippen LogP contribution in [0.1, 0.15) is 5.69 Å². The maximum Gasteiger partial charge on any atom is 0.226 e. The van der Waals surface area contributed by atoms with Gasteiger partial charge in [-0.25, -0.2) is 14.4 Å². The van der Waals surface area contributed by atoms with Gasteiger partial charge in [0.05, 0.1) is 5.69 Å². The summed E-state index contributed by atoms with van der Waals surface area (Å²) in [7, 11) is 0. The Hall–Kier alpha value is -2.01. The minimum absolute atomic E-state index is 0.234. The predicted molar refractivity (Wildman–Crippen MR) is 77.2 cm³/mol. The fraction of sp³-hybridized carbons (Fsp3) is 0.333. The topological polar surface area (TPSA) is 41.1 Å². The molecule has 0 unspecified atom stereocenters. The van der Waals surface area contributed by atoms with E-state index in [0.717, 1.165) is 49.1 Å². The third-order valence-corrected chi connectivity index (χ3v) is 3.38. The standard InChI is InChI=1S/C15H17FN4/c1-11-10-14(12-2-4-13(16)5-3-12)19-15(18-11)20-8-6-17-7-9-20/h2-5,10,17H,6-9H2,1H3. The SMILES string of the molecule is Cc1cc(-c2ccc(F)cc2)nc(N2CCNCC2)n1. The normalized spacial score (nSPS) is 15.4. The van der Waals surface area contributed by atoms with Gasteiger partial charge < -0.3 is 10.2 Å². The second-order valence-corrected chi connectivity index (χ2v) is 4.94. The highest BCUT2D eigenvalue weighted by Gasteiger charge is 2.14. The molecule has 1 aromatic carbocycles. The summed E-state index contributed by atoms with van der Waals surface area (Å²) in [5, 5.41) is 3.31. The first-order chi connectivity index (χ1) is 9.72. The number of anilines is 1. The van der Waals surface area contributed by atoms with E-state index in [4.69, 9.17) is 0 Å². The van der Waals surface area contributed by atoms with Gasteiger partial charge in [-0.1, -0.05) is 0 Å². The van der Waals surface area contributed by atoms with Gasteiger partial charge in [0.2, 0.25) is 5.95 Å². The van der Waals surface area contributed by atoms with E-state index < -0.39 is 0 Å². The summed E-state index contributed by atoms with van der Waals surface area (Å²) in [5.41, 5.74) is 2.67. The van der Waals surface area contributed by atoms with Gasteiger partial charge >= 0.3 is 0 Å². The number of rotatable bonds is 2. The molecule has 3 rings (SSSR count). The van der Waals surface area contributed by atoms with E-state index in [9.17, 15) is 4.39 Å². The molecule has 1 aliphatic rings. The molecule has 1 aromatic heterocycles. The van der Waals surface area contributed by atoms with Crippen LogP contribution in [0.15, 0.2) is 30.3 Å². The van der Waals surface area contributed by atoms with E-state index in [1.165, 1.54) is 12.1 Å². The molecule has 20 heavy (non-hydrogen) atoms. The summed E-state index contributed by atoms with van der Waals surface area (Å²) < 4.78 is 13.0. The van der Waals surface area contributed by atoms with Crippen molar-refractivity contribution in [3.05, 3.63) is 41.8 Å². The number of aryl methyl sites for hydroxylation is 1. The van der Waals surface area contributed by atoms with Gasteiger partial charge in [0, 0.05) is 37.4 Å². The molecule has 5 heteroatoms. The second-order valence-electron chi connectivity index (χ2n) is 4.94. The summed E-state index contributed by atoms with van der Waals surface area (Å²) in [6.07, 6.45) is 0. The Morgan fingerprint density at radius 3 is 2.50 bits per heavy atom. The van der Waals surface area contributed by atoms with Gasteiger partial charge in [-0.3, -0.25) is 0 Å². The minimum Gasteiger partial charge on any atom is -0.338 e. The fourth-order valence-corrected chi connectivity index (χ4v) is 2.33. The first-order valence-electron chi connectivity index (χ1n) is 6.80. The first kappa shape index (κ1) is 13.0. The largest absolute Gasteiger partial charge is 0.338 e. The van der Waals surface area contributed by atoms with Crippen molar-refractivity contribution < 1.29 is 4.39 Å². The van der Waals surface area contributed by atoms with E-state index in [1.54, 1.807) is 12.1 Å². The molecule has 0 amide bonds. The van der Waals surface area contributed by atoms with Crippen molar-refractivity contribution in [2.75, 3.05) is 31.1 Å². The first-order valence-corrected chi connectivity index (χ1v) is 6.80. The molecule has 2 aromatic rings. The van der Waals surface area contributed by atoms with Crippen LogP contribution in [0.3, 0.4) is 0 Å². The summed E-state index contributed by atoms with van der Waals surface area (Å²) in [6, 6.07) is 8.34. The lowest BCUT2D eigenvalue weighted by Gasteiger charge is -2.27. The maximum atomic E-state index is 13.0. The summed E-state index contributed by atoms with van der Waals surface area (Å²) in [4.78, 5) is 11.3. The number of halogens is 1. The molecular weight excluding hydrogens is 255 g/mol. The molecule has 1 aliphatic heterocycles. The van der Waals surface area contributed by atoms with Gasteiger partial charge in [-0.15, -0.1) is 0 Å². The van der Waals surface area contributed by atoms with Crippen molar-refractivity contribution in [2.45, 2.75) is 6.92 Å². The molecule has 2 heterocycles. The zero-order valence-corrected chi connectivity index (χ0v) is 11.4. The van der Waals surface area contributed by atoms with Crippen LogP contribution in [-0.2, 0) is 0 Å². The number of piperazine rings is 1. The van der Waals surface area contributed by atoms with E-state index in [0.29, 0.717) is 0 Å². The third kappa shape index (κ3) is 2.77. The third-order valence-electron chi connectivity index (χ3n) is 3.38. The van der Waals surface area contributed by atoms with Crippen molar-refractivity contribution in [3.63, 3.8) is 0 Å². The number of benzene rings is 1. The lowest BCUT2D eigenvalue weighted by atomic mass is 10.1. The van der Waals surface area contributed by atoms with E-state index in [1.807, 2.05) is 13.0 Å². The highest BCUT2D eigenvalue weighted by molar-refractivity contribution is 5.61. The highest BCUT2D eigenvalue weighted by Crippen LogP contribution is 2.21. The van der Waals surface area contributed by atoms with Crippen molar-refractivity contribution >= 4 is 5.95 Å². The minimum atomic E-state index is -0.234. The molecule has 0 radical (unpaired) electrons. The number of hydrogen-bond donors (Lipinski definition) is 1. The molecule has 4 nitrogen and oxygen atoms in total. The Morgan fingerprint density at radius 1 is 1.10 bits per heavy atom. The molecule has 0 spiro atoms. The number of hydrogen-bond acceptors (Lipinski definition) is 4. The van der Waals surface area contributed by atoms with Gasteiger partial charge in [0.15, 0.2) is 0 Å². The Kier molecular flexibility index (Phi) is 3.60. The maximum absolute atomic E-state index is 13.0. The molecular formula is C15H17FN4. The smallest absolute Gasteiger partial charge is 0.226 e. The van der Waals surface area contributed by atoms with Crippen LogP contribution in [0.25, 0.3) is 11.3 Å². The monoisotopic (exact) mass is 272 g/mol. The van der Waals surface area contributed by atoms with Crippen molar-refractivity contribution in [2.24, 2.45) is 0 Å². The summed E-state index contributed by atoms with van der Waals surface area (Å²) >= 11 is 0. The Labute approximate surface area is 117 Å². The summed E-state index contributed by atoms with van der Waals surface area (Å²) in [5.74, 6) is 0.521. The van der Waals surface area contributed by atoms with Crippen LogP contribution < -0.4 is 10.2 Å². The Bertz CT molecular complexity index is 591. The average Bonchev–Trinajstić information content (AvgIpc) is 2.48. The van der Waals surface area contributed by atoms with Gasteiger partial charge in [0.25, 0.3) is 0 Å². The van der Waals surface area contributed by atoms with Crippen LogP contribution in [0, 0.1) is 12.7 Å². The van der Waals surface area contributed by atoms with Crippen LogP contribution in [0.5, 0.6) is 0 Å². The average molecular weight is 272 g/mol. The number of nitrogens with zero attached hydrogens (tertiary/aromatic N) is 3. The number of aromatic nitrogens is 2. The van der Waals surface area contributed by atoms with Gasteiger partial charge in [-0.2, -0.15) is 0 Å². The van der Waals surface area contributed by atoms with Crippen molar-refractivity contribution in [1.29, 1.82) is 0 Å². The van der Waals surface area contributed by atoms with Crippen molar-refractivity contribution in [1.82, 2.24) is 15.3 Å². The lowest BCUT2D eigenvalue weighted by molar-refractivity contribution is 0.579. The fourth-order valence-electron chi connectivity index (χ4n) is 2.33. The van der Waals surface area contributed by atoms with E-state index in [-0.39, 0.29) is 5.82 Å². The molecule has 1 saturated heterocycles. The Balaban J connectivity index is 1.95.